The fourth-order valence-corrected chi connectivity index (χ4v) is 2.36. The average Bonchev–Trinajstić information content (AvgIpc) is 2.66. The van der Waals surface area contributed by atoms with Crippen LogP contribution in [0.1, 0.15) is 17.5 Å². The molecule has 154 valence electrons. The van der Waals surface area contributed by atoms with E-state index in [1.807, 2.05) is 54.6 Å². The van der Waals surface area contributed by atoms with Crippen LogP contribution in [0.3, 0.4) is 0 Å². The first-order valence-electron chi connectivity index (χ1n) is 8.73. The predicted molar refractivity (Wildman–Crippen MR) is 116 cm³/mol. The van der Waals surface area contributed by atoms with Crippen molar-refractivity contribution in [2.24, 2.45) is 4.99 Å². The number of alkyl halides is 3. The summed E-state index contributed by atoms with van der Waals surface area (Å²) in [7, 11) is 1.53. The second-order valence-electron chi connectivity index (χ2n) is 5.96. The number of halogens is 4. The van der Waals surface area contributed by atoms with Gasteiger partial charge in [0.25, 0.3) is 0 Å². The van der Waals surface area contributed by atoms with Gasteiger partial charge in [-0.2, -0.15) is 13.2 Å². The number of rotatable bonds is 8. The molecule has 0 aliphatic rings. The van der Waals surface area contributed by atoms with E-state index >= 15 is 0 Å². The third-order valence-electron chi connectivity index (χ3n) is 3.80. The summed E-state index contributed by atoms with van der Waals surface area (Å²) in [4.78, 5) is 3.91. The molecule has 4 nitrogen and oxygen atoms in total. The van der Waals surface area contributed by atoms with Crippen LogP contribution in [-0.2, 0) is 13.0 Å². The maximum absolute atomic E-state index is 12.2. The van der Waals surface area contributed by atoms with Crippen LogP contribution in [0.4, 0.5) is 13.2 Å². The summed E-state index contributed by atoms with van der Waals surface area (Å²) < 4.78 is 42.2. The van der Waals surface area contributed by atoms with E-state index in [0.29, 0.717) is 19.1 Å². The fraction of sp³-hybridized carbons (Fsp3) is 0.350. The molecule has 0 unspecified atom stereocenters. The lowest BCUT2D eigenvalue weighted by atomic mass is 10.1. The van der Waals surface area contributed by atoms with Gasteiger partial charge in [-0.1, -0.05) is 42.5 Å². The zero-order valence-corrected chi connectivity index (χ0v) is 18.0. The summed E-state index contributed by atoms with van der Waals surface area (Å²) in [5.41, 5.74) is 2.20. The maximum Gasteiger partial charge on any atom is 0.390 e. The van der Waals surface area contributed by atoms with Gasteiger partial charge in [0.1, 0.15) is 12.4 Å². The summed E-state index contributed by atoms with van der Waals surface area (Å²) in [6, 6.07) is 17.7. The number of guanidine groups is 1. The highest BCUT2D eigenvalue weighted by molar-refractivity contribution is 14.0. The van der Waals surface area contributed by atoms with Crippen molar-refractivity contribution in [1.82, 2.24) is 10.6 Å². The fourth-order valence-electron chi connectivity index (χ4n) is 2.36. The molecule has 2 aromatic rings. The molecule has 28 heavy (non-hydrogen) atoms. The molecule has 0 amide bonds. The summed E-state index contributed by atoms with van der Waals surface area (Å²) in [5.74, 6) is 1.15. The van der Waals surface area contributed by atoms with Gasteiger partial charge in [-0.3, -0.25) is 4.99 Å². The first kappa shape index (κ1) is 24.1. The van der Waals surface area contributed by atoms with Crippen LogP contribution in [0, 0.1) is 0 Å². The highest BCUT2D eigenvalue weighted by Crippen LogP contribution is 2.18. The van der Waals surface area contributed by atoms with E-state index in [9.17, 15) is 13.2 Å². The molecule has 0 aliphatic carbocycles. The van der Waals surface area contributed by atoms with Crippen molar-refractivity contribution >= 4 is 29.9 Å². The average molecular weight is 507 g/mol. The highest BCUT2D eigenvalue weighted by Gasteiger charge is 2.26. The molecule has 0 saturated carbocycles. The Morgan fingerprint density at radius 1 is 0.929 bits per heavy atom. The lowest BCUT2D eigenvalue weighted by molar-refractivity contribution is -0.132. The SMILES string of the molecule is CN=C(NCCc1ccc(OCc2ccccc2)cc1)NCCC(F)(F)F.I. The van der Waals surface area contributed by atoms with Gasteiger partial charge in [-0.25, -0.2) is 0 Å². The van der Waals surface area contributed by atoms with Crippen molar-refractivity contribution in [3.05, 3.63) is 65.7 Å². The van der Waals surface area contributed by atoms with Gasteiger partial charge in [-0.05, 0) is 29.7 Å². The van der Waals surface area contributed by atoms with E-state index in [2.05, 4.69) is 15.6 Å². The van der Waals surface area contributed by atoms with Crippen molar-refractivity contribution < 1.29 is 17.9 Å². The number of hydrogen-bond acceptors (Lipinski definition) is 2. The smallest absolute Gasteiger partial charge is 0.390 e. The topological polar surface area (TPSA) is 45.7 Å². The Kier molecular flexibility index (Phi) is 10.7. The Balaban J connectivity index is 0.00000392. The molecule has 0 spiro atoms. The van der Waals surface area contributed by atoms with Gasteiger partial charge in [0.15, 0.2) is 5.96 Å². The van der Waals surface area contributed by atoms with Crippen LogP contribution in [0.25, 0.3) is 0 Å². The van der Waals surface area contributed by atoms with E-state index in [0.717, 1.165) is 23.3 Å². The maximum atomic E-state index is 12.2. The van der Waals surface area contributed by atoms with Gasteiger partial charge in [0, 0.05) is 20.1 Å². The number of nitrogens with zero attached hydrogens (tertiary/aromatic N) is 1. The Morgan fingerprint density at radius 2 is 1.57 bits per heavy atom. The molecule has 0 atom stereocenters. The Hall–Kier alpha value is -1.97. The van der Waals surface area contributed by atoms with E-state index in [1.54, 1.807) is 0 Å². The third-order valence-corrected chi connectivity index (χ3v) is 3.80. The molecule has 0 fully saturated rings. The largest absolute Gasteiger partial charge is 0.489 e. The standard InChI is InChI=1S/C20H24F3N3O.HI/c1-24-19(26-14-12-20(21,22)23)25-13-11-16-7-9-18(10-8-16)27-15-17-5-3-2-4-6-17;/h2-10H,11-15H2,1H3,(H2,24,25,26);1H. The minimum atomic E-state index is -4.17. The molecule has 8 heteroatoms. The van der Waals surface area contributed by atoms with Crippen LogP contribution in [0.2, 0.25) is 0 Å². The molecule has 0 heterocycles. The number of benzene rings is 2. The summed E-state index contributed by atoms with van der Waals surface area (Å²) in [6.07, 6.45) is -4.34. The molecule has 0 aromatic heterocycles. The zero-order chi connectivity index (χ0) is 19.5. The summed E-state index contributed by atoms with van der Waals surface area (Å²) >= 11 is 0. The molecule has 0 bridgehead atoms. The normalized spacial score (nSPS) is 11.5. The first-order valence-corrected chi connectivity index (χ1v) is 8.73. The van der Waals surface area contributed by atoms with Crippen molar-refractivity contribution in [2.45, 2.75) is 25.6 Å². The minimum absolute atomic E-state index is 0. The van der Waals surface area contributed by atoms with Gasteiger partial charge < -0.3 is 15.4 Å². The van der Waals surface area contributed by atoms with E-state index in [-0.39, 0.29) is 30.5 Å². The Morgan fingerprint density at radius 3 is 2.18 bits per heavy atom. The van der Waals surface area contributed by atoms with Crippen LogP contribution in [-0.4, -0.2) is 32.3 Å². The van der Waals surface area contributed by atoms with Crippen LogP contribution in [0.15, 0.2) is 59.6 Å². The Labute approximate surface area is 180 Å². The Bertz CT molecular complexity index is 707. The first-order chi connectivity index (χ1) is 13.0. The molecular formula is C20H25F3IN3O. The summed E-state index contributed by atoms with van der Waals surface area (Å²) in [6.45, 7) is 0.883. The third kappa shape index (κ3) is 9.82. The van der Waals surface area contributed by atoms with Gasteiger partial charge >= 0.3 is 6.18 Å². The molecule has 2 rings (SSSR count). The molecule has 2 N–H and O–H groups in total. The molecule has 2 aromatic carbocycles. The monoisotopic (exact) mass is 507 g/mol. The van der Waals surface area contributed by atoms with Crippen molar-refractivity contribution in [1.29, 1.82) is 0 Å². The summed E-state index contributed by atoms with van der Waals surface area (Å²) in [5, 5.41) is 5.66. The zero-order valence-electron chi connectivity index (χ0n) is 15.6. The number of hydrogen-bond donors (Lipinski definition) is 2. The number of aliphatic imine (C=N–C) groups is 1. The molecule has 0 radical (unpaired) electrons. The van der Waals surface area contributed by atoms with E-state index < -0.39 is 12.6 Å². The molecule has 0 aliphatic heterocycles. The number of ether oxygens (including phenoxy) is 1. The quantitative estimate of drug-likeness (QED) is 0.314. The van der Waals surface area contributed by atoms with E-state index in [4.69, 9.17) is 4.74 Å². The lowest BCUT2D eigenvalue weighted by Crippen LogP contribution is -2.39. The molecule has 0 saturated heterocycles. The lowest BCUT2D eigenvalue weighted by Gasteiger charge is -2.13. The van der Waals surface area contributed by atoms with Crippen LogP contribution >= 0.6 is 24.0 Å². The van der Waals surface area contributed by atoms with Crippen LogP contribution < -0.4 is 15.4 Å². The molecular weight excluding hydrogens is 482 g/mol. The van der Waals surface area contributed by atoms with Gasteiger partial charge in [0.05, 0.1) is 6.42 Å². The van der Waals surface area contributed by atoms with E-state index in [1.165, 1.54) is 7.05 Å². The second-order valence-corrected chi connectivity index (χ2v) is 5.96. The van der Waals surface area contributed by atoms with Crippen LogP contribution in [0.5, 0.6) is 5.75 Å². The highest BCUT2D eigenvalue weighted by atomic mass is 127. The minimum Gasteiger partial charge on any atom is -0.489 e. The van der Waals surface area contributed by atoms with Gasteiger partial charge in [0.2, 0.25) is 0 Å². The predicted octanol–water partition coefficient (Wildman–Crippen LogP) is 4.54. The number of nitrogens with one attached hydrogen (secondary N) is 2. The second kappa shape index (κ2) is 12.5. The van der Waals surface area contributed by atoms with Gasteiger partial charge in [-0.15, -0.1) is 24.0 Å². The van der Waals surface area contributed by atoms with Crippen molar-refractivity contribution in [2.75, 3.05) is 20.1 Å². The van der Waals surface area contributed by atoms with Crippen molar-refractivity contribution in [3.63, 3.8) is 0 Å². The van der Waals surface area contributed by atoms with Crippen molar-refractivity contribution in [3.8, 4) is 5.75 Å².